The van der Waals surface area contributed by atoms with Gasteiger partial charge in [-0.3, -0.25) is 4.79 Å². The summed E-state index contributed by atoms with van der Waals surface area (Å²) >= 11 is 6.00. The Hall–Kier alpha value is -1.32. The number of benzene rings is 1. The van der Waals surface area contributed by atoms with Gasteiger partial charge < -0.3 is 9.30 Å². The summed E-state index contributed by atoms with van der Waals surface area (Å²) < 4.78 is 7.61. The SMILES string of the molecule is CC1CCC(C(=O)c2cn(C)c3cc(Cl)ccc23)O1. The number of nitrogens with zero attached hydrogens (tertiary/aromatic N) is 1. The summed E-state index contributed by atoms with van der Waals surface area (Å²) in [4.78, 5) is 12.5. The molecule has 1 aromatic carbocycles. The Morgan fingerprint density at radius 2 is 2.21 bits per heavy atom. The van der Waals surface area contributed by atoms with Crippen LogP contribution in [0.1, 0.15) is 30.1 Å². The van der Waals surface area contributed by atoms with E-state index in [1.165, 1.54) is 0 Å². The molecule has 2 unspecified atom stereocenters. The predicted molar refractivity (Wildman–Crippen MR) is 75.8 cm³/mol. The van der Waals surface area contributed by atoms with Gasteiger partial charge in [0.1, 0.15) is 6.10 Å². The van der Waals surface area contributed by atoms with Gasteiger partial charge in [-0.05, 0) is 31.9 Å². The first-order valence-electron chi connectivity index (χ1n) is 6.50. The summed E-state index contributed by atoms with van der Waals surface area (Å²) in [5, 5.41) is 1.62. The highest BCUT2D eigenvalue weighted by atomic mass is 35.5. The van der Waals surface area contributed by atoms with Crippen LogP contribution < -0.4 is 0 Å². The molecule has 2 aromatic rings. The maximum Gasteiger partial charge on any atom is 0.193 e. The molecule has 1 aliphatic heterocycles. The Balaban J connectivity index is 2.03. The average molecular weight is 278 g/mol. The number of rotatable bonds is 2. The van der Waals surface area contributed by atoms with Gasteiger partial charge in [0.2, 0.25) is 0 Å². The van der Waals surface area contributed by atoms with E-state index in [2.05, 4.69) is 0 Å². The number of carbonyl (C=O) groups excluding carboxylic acids is 1. The second kappa shape index (κ2) is 4.66. The molecule has 0 aliphatic carbocycles. The third-order valence-electron chi connectivity index (χ3n) is 3.74. The lowest BCUT2D eigenvalue weighted by atomic mass is 10.0. The Kier molecular flexibility index (Phi) is 3.11. The number of carbonyl (C=O) groups is 1. The third-order valence-corrected chi connectivity index (χ3v) is 3.98. The van der Waals surface area contributed by atoms with E-state index < -0.39 is 0 Å². The Bertz CT molecular complexity index is 647. The van der Waals surface area contributed by atoms with Crippen LogP contribution in [-0.4, -0.2) is 22.6 Å². The standard InChI is InChI=1S/C15H16ClNO2/c1-9-3-6-14(19-9)15(18)12-8-17(2)13-7-10(16)4-5-11(12)13/h4-5,7-9,14H,3,6H2,1-2H3. The number of Topliss-reactive ketones (excluding diaryl/α,β-unsaturated/α-hetero) is 1. The van der Waals surface area contributed by atoms with Gasteiger partial charge in [-0.2, -0.15) is 0 Å². The van der Waals surface area contributed by atoms with Gasteiger partial charge in [-0.1, -0.05) is 17.7 Å². The molecule has 19 heavy (non-hydrogen) atoms. The zero-order valence-corrected chi connectivity index (χ0v) is 11.8. The van der Waals surface area contributed by atoms with Gasteiger partial charge in [-0.25, -0.2) is 0 Å². The highest BCUT2D eigenvalue weighted by Crippen LogP contribution is 2.28. The summed E-state index contributed by atoms with van der Waals surface area (Å²) in [6, 6.07) is 5.61. The minimum absolute atomic E-state index is 0.0808. The number of hydrogen-bond acceptors (Lipinski definition) is 2. The van der Waals surface area contributed by atoms with Crippen LogP contribution >= 0.6 is 11.6 Å². The number of hydrogen-bond donors (Lipinski definition) is 0. The van der Waals surface area contributed by atoms with E-state index >= 15 is 0 Å². The lowest BCUT2D eigenvalue weighted by Crippen LogP contribution is -2.20. The lowest BCUT2D eigenvalue weighted by molar-refractivity contribution is 0.0434. The molecule has 3 nitrogen and oxygen atoms in total. The molecule has 0 amide bonds. The predicted octanol–water partition coefficient (Wildman–Crippen LogP) is 3.58. The molecule has 0 bridgehead atoms. The molecule has 4 heteroatoms. The fraction of sp³-hybridized carbons (Fsp3) is 0.400. The van der Waals surface area contributed by atoms with Gasteiger partial charge in [0.25, 0.3) is 0 Å². The Labute approximate surface area is 117 Å². The molecule has 2 heterocycles. The summed E-state index contributed by atoms with van der Waals surface area (Å²) in [6.45, 7) is 2.01. The van der Waals surface area contributed by atoms with Crippen molar-refractivity contribution in [1.29, 1.82) is 0 Å². The summed E-state index contributed by atoms with van der Waals surface area (Å²) in [5.74, 6) is 0.0808. The molecular weight excluding hydrogens is 262 g/mol. The number of halogens is 1. The van der Waals surface area contributed by atoms with Crippen molar-refractivity contribution < 1.29 is 9.53 Å². The van der Waals surface area contributed by atoms with Gasteiger partial charge in [0.05, 0.1) is 6.10 Å². The molecular formula is C15H16ClNO2. The first-order valence-corrected chi connectivity index (χ1v) is 6.88. The second-order valence-corrected chi connectivity index (χ2v) is 5.63. The molecule has 3 rings (SSSR count). The molecule has 100 valence electrons. The zero-order chi connectivity index (χ0) is 13.6. The minimum Gasteiger partial charge on any atom is -0.367 e. The van der Waals surface area contributed by atoms with Crippen LogP contribution in [0.25, 0.3) is 10.9 Å². The van der Waals surface area contributed by atoms with Crippen molar-refractivity contribution in [2.24, 2.45) is 7.05 Å². The van der Waals surface area contributed by atoms with Crippen molar-refractivity contribution in [3.63, 3.8) is 0 Å². The molecule has 0 N–H and O–H groups in total. The Morgan fingerprint density at radius 1 is 1.42 bits per heavy atom. The van der Waals surface area contributed by atoms with Crippen LogP contribution in [0.4, 0.5) is 0 Å². The van der Waals surface area contributed by atoms with E-state index in [9.17, 15) is 4.79 Å². The molecule has 1 fully saturated rings. The highest BCUT2D eigenvalue weighted by molar-refractivity contribution is 6.31. The van der Waals surface area contributed by atoms with Gasteiger partial charge in [0, 0.05) is 34.7 Å². The van der Waals surface area contributed by atoms with Gasteiger partial charge in [-0.15, -0.1) is 0 Å². The van der Waals surface area contributed by atoms with E-state index in [0.717, 1.165) is 29.3 Å². The molecule has 1 aliphatic rings. The van der Waals surface area contributed by atoms with Crippen molar-refractivity contribution in [2.75, 3.05) is 0 Å². The number of aromatic nitrogens is 1. The first-order chi connectivity index (χ1) is 9.06. The van der Waals surface area contributed by atoms with Crippen LogP contribution in [-0.2, 0) is 11.8 Å². The average Bonchev–Trinajstić information content (AvgIpc) is 2.94. The monoisotopic (exact) mass is 277 g/mol. The molecule has 0 radical (unpaired) electrons. The van der Waals surface area contributed by atoms with Crippen LogP contribution in [0.3, 0.4) is 0 Å². The quantitative estimate of drug-likeness (QED) is 0.786. The largest absolute Gasteiger partial charge is 0.367 e. The fourth-order valence-electron chi connectivity index (χ4n) is 2.72. The van der Waals surface area contributed by atoms with Crippen molar-refractivity contribution in [3.05, 3.63) is 35.0 Å². The van der Waals surface area contributed by atoms with Crippen molar-refractivity contribution >= 4 is 28.3 Å². The summed E-state index contributed by atoms with van der Waals surface area (Å²) in [7, 11) is 1.92. The number of ether oxygens (including phenoxy) is 1. The topological polar surface area (TPSA) is 31.2 Å². The van der Waals surface area contributed by atoms with E-state index in [-0.39, 0.29) is 18.0 Å². The number of fused-ring (bicyclic) bond motifs is 1. The molecule has 0 saturated carbocycles. The first kappa shape index (κ1) is 12.7. The molecule has 1 aromatic heterocycles. The smallest absolute Gasteiger partial charge is 0.193 e. The lowest BCUT2D eigenvalue weighted by Gasteiger charge is -2.09. The van der Waals surface area contributed by atoms with Crippen LogP contribution in [0.15, 0.2) is 24.4 Å². The number of aryl methyl sites for hydroxylation is 1. The third kappa shape index (κ3) is 2.17. The van der Waals surface area contributed by atoms with Gasteiger partial charge >= 0.3 is 0 Å². The molecule has 2 atom stereocenters. The fourth-order valence-corrected chi connectivity index (χ4v) is 2.89. The van der Waals surface area contributed by atoms with Crippen LogP contribution in [0.2, 0.25) is 5.02 Å². The van der Waals surface area contributed by atoms with Crippen LogP contribution in [0, 0.1) is 0 Å². The van der Waals surface area contributed by atoms with E-state index in [1.807, 2.05) is 42.9 Å². The number of ketones is 1. The van der Waals surface area contributed by atoms with E-state index in [0.29, 0.717) is 5.02 Å². The molecule has 0 spiro atoms. The molecule has 1 saturated heterocycles. The summed E-state index contributed by atoms with van der Waals surface area (Å²) in [6.07, 6.45) is 3.52. The normalized spacial score (nSPS) is 23.1. The van der Waals surface area contributed by atoms with Crippen molar-refractivity contribution in [1.82, 2.24) is 4.57 Å². The van der Waals surface area contributed by atoms with Crippen molar-refractivity contribution in [2.45, 2.75) is 32.0 Å². The van der Waals surface area contributed by atoms with Crippen LogP contribution in [0.5, 0.6) is 0 Å². The highest BCUT2D eigenvalue weighted by Gasteiger charge is 2.30. The van der Waals surface area contributed by atoms with E-state index in [4.69, 9.17) is 16.3 Å². The van der Waals surface area contributed by atoms with E-state index in [1.54, 1.807) is 0 Å². The maximum atomic E-state index is 12.5. The summed E-state index contributed by atoms with van der Waals surface area (Å²) in [5.41, 5.74) is 1.70. The zero-order valence-electron chi connectivity index (χ0n) is 11.0. The Morgan fingerprint density at radius 3 is 2.89 bits per heavy atom. The van der Waals surface area contributed by atoms with Gasteiger partial charge in [0.15, 0.2) is 5.78 Å². The maximum absolute atomic E-state index is 12.5. The second-order valence-electron chi connectivity index (χ2n) is 5.19. The van der Waals surface area contributed by atoms with Crippen molar-refractivity contribution in [3.8, 4) is 0 Å². The minimum atomic E-state index is -0.295.